The van der Waals surface area contributed by atoms with Gasteiger partial charge < -0.3 is 4.57 Å². The van der Waals surface area contributed by atoms with E-state index in [4.69, 9.17) is 12.2 Å². The van der Waals surface area contributed by atoms with Crippen molar-refractivity contribution in [3.8, 4) is 5.69 Å². The van der Waals surface area contributed by atoms with Gasteiger partial charge in [0.2, 0.25) is 0 Å². The molecule has 0 aliphatic carbocycles. The van der Waals surface area contributed by atoms with E-state index in [1.54, 1.807) is 6.08 Å². The SMILES string of the molecule is Cc1cc(C=C2C(=O)NC(=S)NC2=O)cn1-c1ccccc1. The molecule has 1 aromatic carbocycles. The molecule has 0 saturated carbocycles. The van der Waals surface area contributed by atoms with Crippen molar-refractivity contribution in [2.45, 2.75) is 6.92 Å². The first-order valence-corrected chi connectivity index (χ1v) is 7.08. The van der Waals surface area contributed by atoms with Gasteiger partial charge in [-0.3, -0.25) is 20.2 Å². The maximum atomic E-state index is 11.8. The molecule has 2 amide bonds. The summed E-state index contributed by atoms with van der Waals surface area (Å²) in [5.41, 5.74) is 2.84. The van der Waals surface area contributed by atoms with Crippen LogP contribution in [0.4, 0.5) is 0 Å². The molecule has 0 atom stereocenters. The van der Waals surface area contributed by atoms with Crippen molar-refractivity contribution in [1.29, 1.82) is 0 Å². The van der Waals surface area contributed by atoms with Crippen LogP contribution in [-0.4, -0.2) is 21.5 Å². The predicted molar refractivity (Wildman–Crippen MR) is 87.4 cm³/mol. The minimum atomic E-state index is -0.487. The fraction of sp³-hybridized carbons (Fsp3) is 0.0625. The number of aryl methyl sites for hydroxylation is 1. The number of thiocarbonyl (C=S) groups is 1. The van der Waals surface area contributed by atoms with Gasteiger partial charge in [0, 0.05) is 17.6 Å². The molecular weight excluding hydrogens is 298 g/mol. The molecule has 1 aliphatic rings. The summed E-state index contributed by atoms with van der Waals surface area (Å²) in [4.78, 5) is 23.7. The molecule has 5 nitrogen and oxygen atoms in total. The van der Waals surface area contributed by atoms with Gasteiger partial charge in [-0.25, -0.2) is 0 Å². The molecule has 2 aromatic rings. The highest BCUT2D eigenvalue weighted by Crippen LogP contribution is 2.18. The minimum absolute atomic E-state index is 0.0326. The highest BCUT2D eigenvalue weighted by molar-refractivity contribution is 7.80. The smallest absolute Gasteiger partial charge is 0.263 e. The fourth-order valence-electron chi connectivity index (χ4n) is 2.32. The first kappa shape index (κ1) is 14.2. The molecule has 0 bridgehead atoms. The van der Waals surface area contributed by atoms with Gasteiger partial charge in [-0.2, -0.15) is 0 Å². The summed E-state index contributed by atoms with van der Waals surface area (Å²) >= 11 is 4.77. The molecule has 110 valence electrons. The van der Waals surface area contributed by atoms with Crippen LogP contribution >= 0.6 is 12.2 Å². The van der Waals surface area contributed by atoms with E-state index in [1.807, 2.05) is 54.1 Å². The normalized spacial score (nSPS) is 14.6. The quantitative estimate of drug-likeness (QED) is 0.504. The Morgan fingerprint density at radius 1 is 1.09 bits per heavy atom. The zero-order valence-electron chi connectivity index (χ0n) is 11.8. The van der Waals surface area contributed by atoms with E-state index in [0.29, 0.717) is 0 Å². The van der Waals surface area contributed by atoms with Crippen LogP contribution in [0.25, 0.3) is 11.8 Å². The van der Waals surface area contributed by atoms with Crippen LogP contribution in [0.3, 0.4) is 0 Å². The molecule has 1 saturated heterocycles. The van der Waals surface area contributed by atoms with E-state index in [-0.39, 0.29) is 10.7 Å². The maximum absolute atomic E-state index is 11.8. The standard InChI is InChI=1S/C16H13N3O2S/c1-10-7-11(9-19(10)12-5-3-2-4-6-12)8-13-14(20)17-16(22)18-15(13)21/h2-9H,1H3,(H2,17,18,20,21,22). The number of para-hydroxylation sites is 1. The molecular formula is C16H13N3O2S. The van der Waals surface area contributed by atoms with Crippen molar-refractivity contribution in [3.63, 3.8) is 0 Å². The lowest BCUT2D eigenvalue weighted by Crippen LogP contribution is -2.51. The van der Waals surface area contributed by atoms with Gasteiger partial charge in [-0.05, 0) is 49.0 Å². The molecule has 0 unspecified atom stereocenters. The first-order valence-electron chi connectivity index (χ1n) is 6.67. The number of carbonyl (C=O) groups is 2. The summed E-state index contributed by atoms with van der Waals surface area (Å²) in [6, 6.07) is 11.7. The molecule has 1 aromatic heterocycles. The van der Waals surface area contributed by atoms with Gasteiger partial charge in [0.15, 0.2) is 5.11 Å². The van der Waals surface area contributed by atoms with Crippen LogP contribution in [0.1, 0.15) is 11.3 Å². The number of amides is 2. The Kier molecular flexibility index (Phi) is 3.60. The van der Waals surface area contributed by atoms with E-state index >= 15 is 0 Å². The average molecular weight is 311 g/mol. The van der Waals surface area contributed by atoms with E-state index in [9.17, 15) is 9.59 Å². The molecule has 2 N–H and O–H groups in total. The van der Waals surface area contributed by atoms with Crippen molar-refractivity contribution >= 4 is 35.2 Å². The lowest BCUT2D eigenvalue weighted by molar-refractivity contribution is -0.123. The van der Waals surface area contributed by atoms with Crippen molar-refractivity contribution in [3.05, 3.63) is 59.4 Å². The number of aromatic nitrogens is 1. The van der Waals surface area contributed by atoms with Crippen LogP contribution in [0.2, 0.25) is 0 Å². The molecule has 6 heteroatoms. The number of nitrogens with one attached hydrogen (secondary N) is 2. The Morgan fingerprint density at radius 3 is 2.36 bits per heavy atom. The van der Waals surface area contributed by atoms with E-state index in [1.165, 1.54) is 0 Å². The third kappa shape index (κ3) is 2.68. The number of benzene rings is 1. The highest BCUT2D eigenvalue weighted by atomic mass is 32.1. The zero-order valence-corrected chi connectivity index (χ0v) is 12.6. The van der Waals surface area contributed by atoms with Gasteiger partial charge in [-0.15, -0.1) is 0 Å². The zero-order chi connectivity index (χ0) is 15.7. The second-order valence-electron chi connectivity index (χ2n) is 4.92. The number of rotatable bonds is 2. The fourth-order valence-corrected chi connectivity index (χ4v) is 2.50. The Labute approximate surface area is 132 Å². The van der Waals surface area contributed by atoms with Gasteiger partial charge >= 0.3 is 0 Å². The Morgan fingerprint density at radius 2 is 1.73 bits per heavy atom. The molecule has 2 heterocycles. The summed E-state index contributed by atoms with van der Waals surface area (Å²) in [7, 11) is 0. The van der Waals surface area contributed by atoms with Crippen molar-refractivity contribution in [1.82, 2.24) is 15.2 Å². The van der Waals surface area contributed by atoms with Gasteiger partial charge in [0.25, 0.3) is 11.8 Å². The largest absolute Gasteiger partial charge is 0.321 e. The van der Waals surface area contributed by atoms with E-state index < -0.39 is 11.8 Å². The number of hydrogen-bond acceptors (Lipinski definition) is 3. The molecule has 3 rings (SSSR count). The van der Waals surface area contributed by atoms with Crippen LogP contribution in [0.15, 0.2) is 48.2 Å². The molecule has 0 radical (unpaired) electrons. The first-order chi connectivity index (χ1) is 10.5. The molecule has 1 fully saturated rings. The van der Waals surface area contributed by atoms with Gasteiger partial charge in [-0.1, -0.05) is 18.2 Å². The summed E-state index contributed by atoms with van der Waals surface area (Å²) in [6.45, 7) is 1.96. The van der Waals surface area contributed by atoms with E-state index in [0.717, 1.165) is 16.9 Å². The predicted octanol–water partition coefficient (Wildman–Crippen LogP) is 1.70. The summed E-state index contributed by atoms with van der Waals surface area (Å²) in [6.07, 6.45) is 3.43. The third-order valence-corrected chi connectivity index (χ3v) is 3.53. The Balaban J connectivity index is 1.97. The third-order valence-electron chi connectivity index (χ3n) is 3.32. The van der Waals surface area contributed by atoms with Crippen molar-refractivity contribution in [2.24, 2.45) is 0 Å². The van der Waals surface area contributed by atoms with Crippen LogP contribution < -0.4 is 10.6 Å². The van der Waals surface area contributed by atoms with Gasteiger partial charge in [0.05, 0.1) is 0 Å². The molecule has 1 aliphatic heterocycles. The second kappa shape index (κ2) is 5.57. The van der Waals surface area contributed by atoms with Crippen molar-refractivity contribution < 1.29 is 9.59 Å². The Hall–Kier alpha value is -2.73. The van der Waals surface area contributed by atoms with Crippen LogP contribution in [-0.2, 0) is 9.59 Å². The molecule has 0 spiro atoms. The summed E-state index contributed by atoms with van der Waals surface area (Å²) in [5.74, 6) is -0.974. The average Bonchev–Trinajstić information content (AvgIpc) is 2.84. The van der Waals surface area contributed by atoms with Crippen molar-refractivity contribution in [2.75, 3.05) is 0 Å². The summed E-state index contributed by atoms with van der Waals surface area (Å²) < 4.78 is 2.00. The topological polar surface area (TPSA) is 63.1 Å². The lowest BCUT2D eigenvalue weighted by Gasteiger charge is -2.15. The monoisotopic (exact) mass is 311 g/mol. The van der Waals surface area contributed by atoms with Gasteiger partial charge in [0.1, 0.15) is 5.57 Å². The number of nitrogens with zero attached hydrogens (tertiary/aromatic N) is 1. The lowest BCUT2D eigenvalue weighted by atomic mass is 10.1. The van der Waals surface area contributed by atoms with Crippen LogP contribution in [0.5, 0.6) is 0 Å². The minimum Gasteiger partial charge on any atom is -0.321 e. The number of hydrogen-bond donors (Lipinski definition) is 2. The Bertz CT molecular complexity index is 784. The summed E-state index contributed by atoms with van der Waals surface area (Å²) in [5, 5.41) is 4.87. The number of carbonyl (C=O) groups excluding carboxylic acids is 2. The highest BCUT2D eigenvalue weighted by Gasteiger charge is 2.25. The molecule has 22 heavy (non-hydrogen) atoms. The van der Waals surface area contributed by atoms with E-state index in [2.05, 4.69) is 10.6 Å². The second-order valence-corrected chi connectivity index (χ2v) is 5.32. The maximum Gasteiger partial charge on any atom is 0.263 e. The van der Waals surface area contributed by atoms with Crippen LogP contribution in [0, 0.1) is 6.92 Å².